The van der Waals surface area contributed by atoms with Crippen molar-refractivity contribution in [1.82, 2.24) is 0 Å². The Labute approximate surface area is 157 Å². The van der Waals surface area contributed by atoms with Gasteiger partial charge >= 0.3 is 5.97 Å². The van der Waals surface area contributed by atoms with Gasteiger partial charge in [0.25, 0.3) is 5.91 Å². The second-order valence-electron chi connectivity index (χ2n) is 6.27. The molecule has 0 saturated heterocycles. The Balaban J connectivity index is 1.72. The Morgan fingerprint density at radius 2 is 1.59 bits per heavy atom. The number of esters is 1. The number of para-hydroxylation sites is 3. The Morgan fingerprint density at radius 3 is 2.33 bits per heavy atom. The van der Waals surface area contributed by atoms with Gasteiger partial charge in [0.05, 0.1) is 41.8 Å². The lowest BCUT2D eigenvalue weighted by atomic mass is 10.1. The fourth-order valence-corrected chi connectivity index (χ4v) is 3.20. The number of benzene rings is 3. The molecule has 0 bridgehead atoms. The summed E-state index contributed by atoms with van der Waals surface area (Å²) in [6.45, 7) is 0.396. The molecule has 3 aromatic rings. The summed E-state index contributed by atoms with van der Waals surface area (Å²) in [6, 6.07) is 22.3. The highest BCUT2D eigenvalue weighted by Crippen LogP contribution is 2.36. The number of methoxy groups -OCH3 is 1. The molecule has 0 spiro atoms. The summed E-state index contributed by atoms with van der Waals surface area (Å²) in [6.07, 6.45) is 0. The van der Waals surface area contributed by atoms with Gasteiger partial charge in [-0.3, -0.25) is 4.79 Å². The average molecular weight is 358 g/mol. The highest BCUT2D eigenvalue weighted by molar-refractivity contribution is 6.13. The minimum atomic E-state index is -0.379. The topological polar surface area (TPSA) is 58.6 Å². The summed E-state index contributed by atoms with van der Waals surface area (Å²) in [7, 11) is 1.35. The van der Waals surface area contributed by atoms with Gasteiger partial charge in [0.2, 0.25) is 0 Å². The van der Waals surface area contributed by atoms with Crippen molar-refractivity contribution in [2.75, 3.05) is 17.3 Å². The molecule has 0 atom stereocenters. The van der Waals surface area contributed by atoms with E-state index < -0.39 is 0 Å². The lowest BCUT2D eigenvalue weighted by Gasteiger charge is -2.23. The van der Waals surface area contributed by atoms with Gasteiger partial charge in [0, 0.05) is 0 Å². The summed E-state index contributed by atoms with van der Waals surface area (Å²) in [5, 5.41) is 3.36. The van der Waals surface area contributed by atoms with Crippen LogP contribution in [0.15, 0.2) is 72.8 Å². The standard InChI is InChI=1S/C22H18N2O3/c1-27-22(26)16-12-10-15(11-13-16)14-24-20-9-5-4-8-19(20)23-18-7-3-2-6-17(18)21(24)25/h2-13,23H,14H2,1H3. The molecule has 1 amide bonds. The molecule has 0 saturated carbocycles. The molecule has 5 heteroatoms. The minimum Gasteiger partial charge on any atom is -0.465 e. The van der Waals surface area contributed by atoms with E-state index >= 15 is 0 Å². The number of ether oxygens (including phenoxy) is 1. The van der Waals surface area contributed by atoms with E-state index in [-0.39, 0.29) is 11.9 Å². The first-order chi connectivity index (χ1) is 13.2. The van der Waals surface area contributed by atoms with Crippen LogP contribution < -0.4 is 10.2 Å². The second-order valence-corrected chi connectivity index (χ2v) is 6.27. The molecule has 27 heavy (non-hydrogen) atoms. The van der Waals surface area contributed by atoms with Crippen molar-refractivity contribution in [3.63, 3.8) is 0 Å². The van der Waals surface area contributed by atoms with E-state index in [2.05, 4.69) is 5.32 Å². The van der Waals surface area contributed by atoms with Gasteiger partial charge in [-0.1, -0.05) is 36.4 Å². The number of nitrogens with one attached hydrogen (secondary N) is 1. The highest BCUT2D eigenvalue weighted by Gasteiger charge is 2.26. The van der Waals surface area contributed by atoms with E-state index in [1.807, 2.05) is 60.7 Å². The van der Waals surface area contributed by atoms with Crippen molar-refractivity contribution < 1.29 is 14.3 Å². The van der Waals surface area contributed by atoms with Crippen LogP contribution in [-0.2, 0) is 11.3 Å². The van der Waals surface area contributed by atoms with Crippen LogP contribution >= 0.6 is 0 Å². The predicted octanol–water partition coefficient (Wildman–Crippen LogP) is 4.38. The molecule has 1 aliphatic heterocycles. The predicted molar refractivity (Wildman–Crippen MR) is 104 cm³/mol. The largest absolute Gasteiger partial charge is 0.465 e. The van der Waals surface area contributed by atoms with Crippen LogP contribution in [0, 0.1) is 0 Å². The SMILES string of the molecule is COC(=O)c1ccc(CN2C(=O)c3ccccc3Nc3ccccc32)cc1. The minimum absolute atomic E-state index is 0.0694. The zero-order valence-electron chi connectivity index (χ0n) is 14.8. The van der Waals surface area contributed by atoms with Crippen LogP contribution in [0.1, 0.15) is 26.3 Å². The second kappa shape index (κ2) is 6.96. The van der Waals surface area contributed by atoms with Crippen LogP contribution in [0.3, 0.4) is 0 Å². The molecular formula is C22H18N2O3. The maximum absolute atomic E-state index is 13.2. The molecule has 5 nitrogen and oxygen atoms in total. The Bertz CT molecular complexity index is 1010. The smallest absolute Gasteiger partial charge is 0.337 e. The van der Waals surface area contributed by atoms with Crippen molar-refractivity contribution in [1.29, 1.82) is 0 Å². The van der Waals surface area contributed by atoms with Crippen LogP contribution in [0.2, 0.25) is 0 Å². The molecule has 134 valence electrons. The molecule has 0 aromatic heterocycles. The molecule has 0 fully saturated rings. The highest BCUT2D eigenvalue weighted by atomic mass is 16.5. The maximum atomic E-state index is 13.2. The molecule has 0 radical (unpaired) electrons. The number of carbonyl (C=O) groups excluding carboxylic acids is 2. The molecular weight excluding hydrogens is 340 g/mol. The van der Waals surface area contributed by atoms with Gasteiger partial charge in [-0.05, 0) is 42.0 Å². The van der Waals surface area contributed by atoms with Gasteiger partial charge in [-0.2, -0.15) is 0 Å². The number of carbonyl (C=O) groups is 2. The van der Waals surface area contributed by atoms with Gasteiger partial charge in [-0.15, -0.1) is 0 Å². The van der Waals surface area contributed by atoms with Crippen LogP contribution in [0.5, 0.6) is 0 Å². The van der Waals surface area contributed by atoms with Crippen molar-refractivity contribution in [2.24, 2.45) is 0 Å². The van der Waals surface area contributed by atoms with Gasteiger partial charge < -0.3 is 15.0 Å². The van der Waals surface area contributed by atoms with Crippen LogP contribution in [-0.4, -0.2) is 19.0 Å². The van der Waals surface area contributed by atoms with E-state index in [0.29, 0.717) is 17.7 Å². The summed E-state index contributed by atoms with van der Waals surface area (Å²) < 4.78 is 4.73. The van der Waals surface area contributed by atoms with E-state index in [9.17, 15) is 9.59 Å². The number of hydrogen-bond donors (Lipinski definition) is 1. The lowest BCUT2D eigenvalue weighted by Crippen LogP contribution is -2.29. The Kier molecular flexibility index (Phi) is 4.34. The first-order valence-electron chi connectivity index (χ1n) is 8.61. The van der Waals surface area contributed by atoms with Crippen molar-refractivity contribution in [3.05, 3.63) is 89.5 Å². The van der Waals surface area contributed by atoms with Crippen molar-refractivity contribution in [3.8, 4) is 0 Å². The average Bonchev–Trinajstić information content (AvgIpc) is 2.83. The number of amides is 1. The monoisotopic (exact) mass is 358 g/mol. The van der Waals surface area contributed by atoms with E-state index in [1.54, 1.807) is 17.0 Å². The number of rotatable bonds is 3. The molecule has 3 aromatic carbocycles. The number of fused-ring (bicyclic) bond motifs is 2. The summed E-state index contributed by atoms with van der Waals surface area (Å²) >= 11 is 0. The molecule has 0 unspecified atom stereocenters. The fourth-order valence-electron chi connectivity index (χ4n) is 3.20. The third kappa shape index (κ3) is 3.15. The zero-order chi connectivity index (χ0) is 18.8. The van der Waals surface area contributed by atoms with Gasteiger partial charge in [0.15, 0.2) is 0 Å². The molecule has 1 aliphatic rings. The fraction of sp³-hybridized carbons (Fsp3) is 0.0909. The van der Waals surface area contributed by atoms with Crippen molar-refractivity contribution in [2.45, 2.75) is 6.54 Å². The Hall–Kier alpha value is -3.60. The molecule has 4 rings (SSSR count). The summed E-state index contributed by atoms with van der Waals surface area (Å²) in [4.78, 5) is 26.6. The number of nitrogens with zero attached hydrogens (tertiary/aromatic N) is 1. The quantitative estimate of drug-likeness (QED) is 0.706. The summed E-state index contributed by atoms with van der Waals surface area (Å²) in [5.41, 5.74) is 4.51. The van der Waals surface area contributed by atoms with Crippen LogP contribution in [0.25, 0.3) is 0 Å². The Morgan fingerprint density at radius 1 is 0.926 bits per heavy atom. The van der Waals surface area contributed by atoms with Gasteiger partial charge in [-0.25, -0.2) is 4.79 Å². The van der Waals surface area contributed by atoms with E-state index in [1.165, 1.54) is 7.11 Å². The van der Waals surface area contributed by atoms with Crippen molar-refractivity contribution >= 4 is 28.9 Å². The van der Waals surface area contributed by atoms with Gasteiger partial charge in [0.1, 0.15) is 0 Å². The third-order valence-electron chi connectivity index (χ3n) is 4.58. The first kappa shape index (κ1) is 16.8. The lowest BCUT2D eigenvalue weighted by molar-refractivity contribution is 0.0600. The molecule has 1 heterocycles. The normalized spacial score (nSPS) is 12.5. The van der Waals surface area contributed by atoms with Crippen LogP contribution in [0.4, 0.5) is 17.1 Å². The maximum Gasteiger partial charge on any atom is 0.337 e. The number of hydrogen-bond acceptors (Lipinski definition) is 4. The first-order valence-corrected chi connectivity index (χ1v) is 8.61. The number of anilines is 3. The third-order valence-corrected chi connectivity index (χ3v) is 4.58. The zero-order valence-corrected chi connectivity index (χ0v) is 14.8. The van der Waals surface area contributed by atoms with E-state index in [4.69, 9.17) is 4.74 Å². The van der Waals surface area contributed by atoms with E-state index in [0.717, 1.165) is 22.6 Å². The molecule has 0 aliphatic carbocycles. The molecule has 1 N–H and O–H groups in total. The summed E-state index contributed by atoms with van der Waals surface area (Å²) in [5.74, 6) is -0.448.